The van der Waals surface area contributed by atoms with Crippen LogP contribution < -0.4 is 5.73 Å². The highest BCUT2D eigenvalue weighted by Gasteiger charge is 2.26. The van der Waals surface area contributed by atoms with Crippen LogP contribution in [0.25, 0.3) is 5.52 Å². The summed E-state index contributed by atoms with van der Waals surface area (Å²) in [4.78, 5) is 8.76. The predicted molar refractivity (Wildman–Crippen MR) is 77.1 cm³/mol. The van der Waals surface area contributed by atoms with Gasteiger partial charge in [0.15, 0.2) is 5.82 Å². The zero-order valence-electron chi connectivity index (χ0n) is 10.8. The second-order valence-corrected chi connectivity index (χ2v) is 5.75. The van der Waals surface area contributed by atoms with Crippen LogP contribution in [-0.2, 0) is 4.74 Å². The van der Waals surface area contributed by atoms with Gasteiger partial charge in [0, 0.05) is 25.4 Å². The van der Waals surface area contributed by atoms with Crippen molar-refractivity contribution >= 4 is 27.3 Å². The molecule has 0 aliphatic heterocycles. The van der Waals surface area contributed by atoms with Gasteiger partial charge in [-0.1, -0.05) is 0 Å². The molecule has 19 heavy (non-hydrogen) atoms. The van der Waals surface area contributed by atoms with E-state index in [1.807, 2.05) is 6.20 Å². The molecule has 2 aromatic rings. The van der Waals surface area contributed by atoms with Crippen molar-refractivity contribution in [3.05, 3.63) is 22.8 Å². The second kappa shape index (κ2) is 5.09. The van der Waals surface area contributed by atoms with Gasteiger partial charge in [-0.05, 0) is 41.6 Å². The summed E-state index contributed by atoms with van der Waals surface area (Å²) in [5, 5.41) is 0. The van der Waals surface area contributed by atoms with Crippen molar-refractivity contribution in [2.24, 2.45) is 0 Å². The fourth-order valence-electron chi connectivity index (χ4n) is 2.89. The van der Waals surface area contributed by atoms with E-state index >= 15 is 0 Å². The molecule has 0 amide bonds. The normalized spacial score (nSPS) is 23.9. The molecular weight excluding hydrogens is 308 g/mol. The van der Waals surface area contributed by atoms with Crippen molar-refractivity contribution in [2.45, 2.75) is 37.7 Å². The number of nitrogens with zero attached hydrogens (tertiary/aromatic N) is 3. The zero-order chi connectivity index (χ0) is 13.4. The second-order valence-electron chi connectivity index (χ2n) is 5.00. The van der Waals surface area contributed by atoms with Crippen LogP contribution in [0.3, 0.4) is 0 Å². The van der Waals surface area contributed by atoms with E-state index in [0.717, 1.165) is 41.6 Å². The first-order chi connectivity index (χ1) is 9.20. The standard InChI is InChI=1S/C13H17BrN4O/c1-19-9-4-2-8(3-5-9)13-17-11(14)10-12(15)16-6-7-18(10)13/h6-9H,2-5H2,1H3,(H2,15,16)/t8-,9+. The van der Waals surface area contributed by atoms with Crippen molar-refractivity contribution in [3.63, 3.8) is 0 Å². The van der Waals surface area contributed by atoms with Crippen molar-refractivity contribution in [3.8, 4) is 0 Å². The van der Waals surface area contributed by atoms with Crippen LogP contribution in [0.2, 0.25) is 0 Å². The number of nitrogens with two attached hydrogens (primary N) is 1. The summed E-state index contributed by atoms with van der Waals surface area (Å²) in [7, 11) is 1.79. The number of imidazole rings is 1. The van der Waals surface area contributed by atoms with Gasteiger partial charge < -0.3 is 10.5 Å². The monoisotopic (exact) mass is 324 g/mol. The van der Waals surface area contributed by atoms with E-state index in [-0.39, 0.29) is 0 Å². The predicted octanol–water partition coefficient (Wildman–Crippen LogP) is 2.75. The molecule has 102 valence electrons. The van der Waals surface area contributed by atoms with Crippen LogP contribution in [0.4, 0.5) is 5.82 Å². The minimum Gasteiger partial charge on any atom is -0.382 e. The van der Waals surface area contributed by atoms with Crippen LogP contribution in [0, 0.1) is 0 Å². The maximum atomic E-state index is 5.92. The van der Waals surface area contributed by atoms with Gasteiger partial charge in [0.25, 0.3) is 0 Å². The molecule has 0 atom stereocenters. The third kappa shape index (κ3) is 2.23. The molecule has 2 heterocycles. The third-order valence-electron chi connectivity index (χ3n) is 3.94. The zero-order valence-corrected chi connectivity index (χ0v) is 12.4. The average Bonchev–Trinajstić information content (AvgIpc) is 2.78. The summed E-state index contributed by atoms with van der Waals surface area (Å²) in [6, 6.07) is 0. The SMILES string of the molecule is CO[C@H]1CC[C@@H](c2nc(Br)c3c(N)nccn32)CC1. The van der Waals surface area contributed by atoms with E-state index in [4.69, 9.17) is 10.5 Å². The maximum Gasteiger partial charge on any atom is 0.150 e. The number of rotatable bonds is 2. The fraction of sp³-hybridized carbons (Fsp3) is 0.538. The first kappa shape index (κ1) is 12.9. The summed E-state index contributed by atoms with van der Waals surface area (Å²) in [5.74, 6) is 2.05. The molecule has 0 aromatic carbocycles. The highest BCUT2D eigenvalue weighted by molar-refractivity contribution is 9.10. The average molecular weight is 325 g/mol. The molecule has 0 unspecified atom stereocenters. The van der Waals surface area contributed by atoms with Gasteiger partial charge in [0.2, 0.25) is 0 Å². The number of fused-ring (bicyclic) bond motifs is 1. The number of methoxy groups -OCH3 is 1. The Hall–Kier alpha value is -1.14. The van der Waals surface area contributed by atoms with E-state index in [2.05, 4.69) is 30.3 Å². The van der Waals surface area contributed by atoms with Gasteiger partial charge >= 0.3 is 0 Å². The number of hydrogen-bond acceptors (Lipinski definition) is 4. The summed E-state index contributed by atoms with van der Waals surface area (Å²) < 4.78 is 8.26. The topological polar surface area (TPSA) is 65.4 Å². The fourth-order valence-corrected chi connectivity index (χ4v) is 3.46. The maximum absolute atomic E-state index is 5.92. The van der Waals surface area contributed by atoms with Crippen molar-refractivity contribution < 1.29 is 4.74 Å². The van der Waals surface area contributed by atoms with Crippen LogP contribution >= 0.6 is 15.9 Å². The number of nitrogen functional groups attached to an aromatic ring is 1. The molecule has 0 bridgehead atoms. The molecule has 1 aliphatic rings. The molecule has 1 saturated carbocycles. The largest absolute Gasteiger partial charge is 0.382 e. The number of hydrogen-bond donors (Lipinski definition) is 1. The van der Waals surface area contributed by atoms with Gasteiger partial charge in [-0.2, -0.15) is 0 Å². The lowest BCUT2D eigenvalue weighted by Gasteiger charge is -2.26. The highest BCUT2D eigenvalue weighted by Crippen LogP contribution is 2.35. The van der Waals surface area contributed by atoms with Crippen molar-refractivity contribution in [2.75, 3.05) is 12.8 Å². The van der Waals surface area contributed by atoms with Crippen molar-refractivity contribution in [1.82, 2.24) is 14.4 Å². The lowest BCUT2D eigenvalue weighted by atomic mass is 9.87. The Morgan fingerprint density at radius 2 is 2.11 bits per heavy atom. The Kier molecular flexibility index (Phi) is 3.45. The molecule has 0 saturated heterocycles. The third-order valence-corrected chi connectivity index (χ3v) is 4.49. The van der Waals surface area contributed by atoms with E-state index in [1.54, 1.807) is 13.3 Å². The number of ether oxygens (including phenoxy) is 1. The van der Waals surface area contributed by atoms with Gasteiger partial charge in [0.05, 0.1) is 6.10 Å². The lowest BCUT2D eigenvalue weighted by molar-refractivity contribution is 0.0650. The van der Waals surface area contributed by atoms with Crippen LogP contribution in [-0.4, -0.2) is 27.6 Å². The quantitative estimate of drug-likeness (QED) is 0.922. The van der Waals surface area contributed by atoms with E-state index in [1.165, 1.54) is 0 Å². The number of halogens is 1. The van der Waals surface area contributed by atoms with Gasteiger partial charge in [0.1, 0.15) is 15.9 Å². The Balaban J connectivity index is 1.96. The molecular formula is C13H17BrN4O. The molecule has 3 rings (SSSR count). The van der Waals surface area contributed by atoms with Crippen LogP contribution in [0.5, 0.6) is 0 Å². The number of aromatic nitrogens is 3. The smallest absolute Gasteiger partial charge is 0.150 e. The van der Waals surface area contributed by atoms with E-state index < -0.39 is 0 Å². The van der Waals surface area contributed by atoms with Crippen LogP contribution in [0.15, 0.2) is 17.0 Å². The van der Waals surface area contributed by atoms with E-state index in [9.17, 15) is 0 Å². The highest BCUT2D eigenvalue weighted by atomic mass is 79.9. The number of anilines is 1. The molecule has 2 aromatic heterocycles. The Bertz CT molecular complexity index is 590. The summed E-state index contributed by atoms with van der Waals surface area (Å²) >= 11 is 3.48. The molecule has 0 spiro atoms. The Morgan fingerprint density at radius 3 is 2.79 bits per heavy atom. The Morgan fingerprint density at radius 1 is 1.37 bits per heavy atom. The summed E-state index contributed by atoms with van der Waals surface area (Å²) in [6.45, 7) is 0. The molecule has 0 radical (unpaired) electrons. The van der Waals surface area contributed by atoms with Gasteiger partial charge in [-0.15, -0.1) is 0 Å². The summed E-state index contributed by atoms with van der Waals surface area (Å²) in [5.41, 5.74) is 6.79. The van der Waals surface area contributed by atoms with Crippen LogP contribution in [0.1, 0.15) is 37.4 Å². The van der Waals surface area contributed by atoms with Gasteiger partial charge in [-0.25, -0.2) is 9.97 Å². The molecule has 2 N–H and O–H groups in total. The summed E-state index contributed by atoms with van der Waals surface area (Å²) in [6.07, 6.45) is 8.45. The minimum absolute atomic E-state index is 0.401. The molecule has 5 nitrogen and oxygen atoms in total. The Labute approximate surface area is 120 Å². The minimum atomic E-state index is 0.401. The first-order valence-corrected chi connectivity index (χ1v) is 7.30. The van der Waals surface area contributed by atoms with Gasteiger partial charge in [-0.3, -0.25) is 4.40 Å². The van der Waals surface area contributed by atoms with E-state index in [0.29, 0.717) is 17.8 Å². The first-order valence-electron chi connectivity index (χ1n) is 6.51. The molecule has 6 heteroatoms. The molecule has 1 fully saturated rings. The molecule has 1 aliphatic carbocycles. The lowest BCUT2D eigenvalue weighted by Crippen LogP contribution is -2.20. The van der Waals surface area contributed by atoms with Crippen molar-refractivity contribution in [1.29, 1.82) is 0 Å².